The highest BCUT2D eigenvalue weighted by Crippen LogP contribution is 2.29. The zero-order valence-corrected chi connectivity index (χ0v) is 12.7. The molecule has 0 aliphatic heterocycles. The number of fused-ring (bicyclic) bond motifs is 3. The summed E-state index contributed by atoms with van der Waals surface area (Å²) in [5.41, 5.74) is 4.12. The second kappa shape index (κ2) is 6.18. The summed E-state index contributed by atoms with van der Waals surface area (Å²) >= 11 is 0. The quantitative estimate of drug-likeness (QED) is 0.851. The second-order valence-corrected chi connectivity index (χ2v) is 5.73. The number of aryl methyl sites for hydroxylation is 1. The monoisotopic (exact) mass is 296 g/mol. The second-order valence-electron chi connectivity index (χ2n) is 5.73. The molecule has 114 valence electrons. The summed E-state index contributed by atoms with van der Waals surface area (Å²) in [6.07, 6.45) is 7.48. The average molecular weight is 296 g/mol. The van der Waals surface area contributed by atoms with Crippen molar-refractivity contribution in [2.24, 2.45) is 0 Å². The van der Waals surface area contributed by atoms with Crippen LogP contribution in [0, 0.1) is 0 Å². The maximum absolute atomic E-state index is 12.0. The van der Waals surface area contributed by atoms with E-state index >= 15 is 0 Å². The molecule has 0 unspecified atom stereocenters. The number of aromatic nitrogens is 1. The first-order valence-corrected chi connectivity index (χ1v) is 7.74. The van der Waals surface area contributed by atoms with E-state index in [1.54, 1.807) is 0 Å². The Morgan fingerprint density at radius 2 is 2.23 bits per heavy atom. The fourth-order valence-electron chi connectivity index (χ4n) is 2.97. The zero-order valence-electron chi connectivity index (χ0n) is 12.7. The highest BCUT2D eigenvalue weighted by atomic mass is 16.1. The molecule has 0 spiro atoms. The largest absolute Gasteiger partial charge is 0.356 e. The van der Waals surface area contributed by atoms with Gasteiger partial charge < -0.3 is 10.3 Å². The van der Waals surface area contributed by atoms with Gasteiger partial charge in [0.05, 0.1) is 5.69 Å². The third kappa shape index (κ3) is 2.96. The highest BCUT2D eigenvalue weighted by molar-refractivity contribution is 6.03. The van der Waals surface area contributed by atoms with Crippen molar-refractivity contribution in [1.82, 2.24) is 10.3 Å². The summed E-state index contributed by atoms with van der Waals surface area (Å²) in [6, 6.07) is 6.22. The van der Waals surface area contributed by atoms with Crippen LogP contribution in [0.4, 0.5) is 0 Å². The molecule has 1 amide bonds. The van der Waals surface area contributed by atoms with Crippen LogP contribution in [0.2, 0.25) is 0 Å². The number of aromatic amines is 1. The Balaban J connectivity index is 1.79. The number of carbonyl (C=O) groups is 2. The average Bonchev–Trinajstić information content (AvgIpc) is 2.86. The van der Waals surface area contributed by atoms with E-state index in [0.717, 1.165) is 41.4 Å². The molecular weight excluding hydrogens is 276 g/mol. The van der Waals surface area contributed by atoms with E-state index in [4.69, 9.17) is 0 Å². The highest BCUT2D eigenvalue weighted by Gasteiger charge is 2.21. The first-order valence-electron chi connectivity index (χ1n) is 7.74. The lowest BCUT2D eigenvalue weighted by Crippen LogP contribution is -2.20. The smallest absolute Gasteiger partial charge is 0.216 e. The number of nitrogens with one attached hydrogen (secondary N) is 2. The normalized spacial score (nSPS) is 14.5. The molecule has 0 saturated carbocycles. The van der Waals surface area contributed by atoms with E-state index in [1.165, 1.54) is 12.5 Å². The Labute approximate surface area is 129 Å². The molecule has 0 atom stereocenters. The molecule has 2 aromatic rings. The number of rotatable bonds is 4. The fourth-order valence-corrected chi connectivity index (χ4v) is 2.97. The van der Waals surface area contributed by atoms with Crippen molar-refractivity contribution in [1.29, 1.82) is 0 Å². The van der Waals surface area contributed by atoms with Crippen molar-refractivity contribution < 1.29 is 9.59 Å². The van der Waals surface area contributed by atoms with E-state index in [2.05, 4.69) is 28.5 Å². The number of hydrogen-bond acceptors (Lipinski definition) is 2. The van der Waals surface area contributed by atoms with E-state index < -0.39 is 0 Å². The van der Waals surface area contributed by atoms with Gasteiger partial charge in [-0.15, -0.1) is 0 Å². The minimum absolute atomic E-state index is 0.00145. The number of carbonyl (C=O) groups excluding carboxylic acids is 2. The molecule has 4 heteroatoms. The van der Waals surface area contributed by atoms with Crippen molar-refractivity contribution in [3.05, 3.63) is 41.1 Å². The lowest BCUT2D eigenvalue weighted by molar-refractivity contribution is -0.118. The Kier molecular flexibility index (Phi) is 4.09. The van der Waals surface area contributed by atoms with Crippen LogP contribution >= 0.6 is 0 Å². The number of H-pyrrole nitrogens is 1. The molecule has 2 N–H and O–H groups in total. The van der Waals surface area contributed by atoms with Crippen LogP contribution in [0.1, 0.15) is 47.8 Å². The van der Waals surface area contributed by atoms with Crippen molar-refractivity contribution in [2.45, 2.75) is 32.6 Å². The fraction of sp³-hybridized carbons (Fsp3) is 0.333. The van der Waals surface area contributed by atoms with Gasteiger partial charge in [-0.2, -0.15) is 0 Å². The Morgan fingerprint density at radius 3 is 3.05 bits per heavy atom. The molecule has 4 nitrogen and oxygen atoms in total. The maximum atomic E-state index is 12.0. The molecule has 1 aromatic carbocycles. The number of Topliss-reactive ketones (excluding diaryl/α,β-unsaturated/α-hetero) is 1. The van der Waals surface area contributed by atoms with Gasteiger partial charge in [0.2, 0.25) is 5.91 Å². The molecule has 1 heterocycles. The Bertz CT molecular complexity index is 756. The summed E-state index contributed by atoms with van der Waals surface area (Å²) in [4.78, 5) is 26.0. The van der Waals surface area contributed by atoms with E-state index in [9.17, 15) is 9.59 Å². The van der Waals surface area contributed by atoms with Gasteiger partial charge in [-0.3, -0.25) is 9.59 Å². The van der Waals surface area contributed by atoms with Crippen LogP contribution in [0.5, 0.6) is 0 Å². The molecule has 3 rings (SSSR count). The molecule has 1 aromatic heterocycles. The van der Waals surface area contributed by atoms with Crippen LogP contribution < -0.4 is 5.32 Å². The lowest BCUT2D eigenvalue weighted by Gasteiger charge is -2.09. The van der Waals surface area contributed by atoms with Gasteiger partial charge in [-0.1, -0.05) is 18.2 Å². The molecule has 0 bridgehead atoms. The number of hydrogen-bond donors (Lipinski definition) is 2. The van der Waals surface area contributed by atoms with Gasteiger partial charge in [0.15, 0.2) is 5.78 Å². The molecule has 22 heavy (non-hydrogen) atoms. The van der Waals surface area contributed by atoms with E-state index in [-0.39, 0.29) is 11.7 Å². The third-order valence-corrected chi connectivity index (χ3v) is 4.03. The third-order valence-electron chi connectivity index (χ3n) is 4.03. The van der Waals surface area contributed by atoms with Crippen LogP contribution in [-0.4, -0.2) is 23.2 Å². The topological polar surface area (TPSA) is 62.0 Å². The van der Waals surface area contributed by atoms with Crippen molar-refractivity contribution in [3.8, 4) is 0 Å². The maximum Gasteiger partial charge on any atom is 0.216 e. The molecule has 1 aliphatic carbocycles. The van der Waals surface area contributed by atoms with Gasteiger partial charge in [-0.25, -0.2) is 0 Å². The molecule has 0 radical (unpaired) electrons. The Hall–Kier alpha value is -2.36. The summed E-state index contributed by atoms with van der Waals surface area (Å²) in [5, 5.41) is 3.93. The summed E-state index contributed by atoms with van der Waals surface area (Å²) in [5.74, 6) is 0.225. The van der Waals surface area contributed by atoms with Gasteiger partial charge in [0.1, 0.15) is 0 Å². The SMILES string of the molecule is CC(=O)NCCC=Cc1ccc2[nH]c3c(c2c1)CCCC3=O. The minimum atomic E-state index is -0.00145. The predicted molar refractivity (Wildman–Crippen MR) is 87.9 cm³/mol. The van der Waals surface area contributed by atoms with Gasteiger partial charge in [-0.05, 0) is 42.5 Å². The number of ketones is 1. The molecule has 0 fully saturated rings. The lowest BCUT2D eigenvalue weighted by atomic mass is 9.94. The molecule has 1 aliphatic rings. The van der Waals surface area contributed by atoms with Crippen molar-refractivity contribution in [2.75, 3.05) is 6.54 Å². The van der Waals surface area contributed by atoms with Gasteiger partial charge in [0.25, 0.3) is 0 Å². The van der Waals surface area contributed by atoms with Gasteiger partial charge in [0, 0.05) is 30.8 Å². The summed E-state index contributed by atoms with van der Waals surface area (Å²) < 4.78 is 0. The Morgan fingerprint density at radius 1 is 1.36 bits per heavy atom. The van der Waals surface area contributed by atoms with Gasteiger partial charge >= 0.3 is 0 Å². The van der Waals surface area contributed by atoms with Crippen LogP contribution in [0.15, 0.2) is 24.3 Å². The first-order chi connectivity index (χ1) is 10.6. The molecular formula is C18H20N2O2. The van der Waals surface area contributed by atoms with Crippen LogP contribution in [-0.2, 0) is 11.2 Å². The number of benzene rings is 1. The van der Waals surface area contributed by atoms with Crippen molar-refractivity contribution in [3.63, 3.8) is 0 Å². The number of amides is 1. The van der Waals surface area contributed by atoms with E-state index in [0.29, 0.717) is 13.0 Å². The molecule has 0 saturated heterocycles. The van der Waals surface area contributed by atoms with Crippen LogP contribution in [0.3, 0.4) is 0 Å². The summed E-state index contributed by atoms with van der Waals surface area (Å²) in [6.45, 7) is 2.18. The predicted octanol–water partition coefficient (Wildman–Crippen LogP) is 3.23. The zero-order chi connectivity index (χ0) is 15.5. The van der Waals surface area contributed by atoms with E-state index in [1.807, 2.05) is 12.1 Å². The summed E-state index contributed by atoms with van der Waals surface area (Å²) in [7, 11) is 0. The standard InChI is InChI=1S/C18H20N2O2/c1-12(21)19-10-3-2-5-13-8-9-16-15(11-13)14-6-4-7-17(22)18(14)20-16/h2,5,8-9,11,20H,3-4,6-7,10H2,1H3,(H,19,21). The first kappa shape index (κ1) is 14.6. The van der Waals surface area contributed by atoms with Crippen molar-refractivity contribution >= 4 is 28.7 Å². The minimum Gasteiger partial charge on any atom is -0.356 e. The van der Waals surface area contributed by atoms with Crippen LogP contribution in [0.25, 0.3) is 17.0 Å².